The van der Waals surface area contributed by atoms with Gasteiger partial charge in [0.25, 0.3) is 0 Å². The molecule has 1 atom stereocenters. The third-order valence-corrected chi connectivity index (χ3v) is 6.86. The van der Waals surface area contributed by atoms with E-state index in [1.165, 1.54) is 16.3 Å². The van der Waals surface area contributed by atoms with E-state index in [9.17, 15) is 18.0 Å². The monoisotopic (exact) mass is 493 g/mol. The Bertz CT molecular complexity index is 1100. The molecule has 0 aliphatic carbocycles. The van der Waals surface area contributed by atoms with Crippen LogP contribution < -0.4 is 9.62 Å². The van der Waals surface area contributed by atoms with Crippen LogP contribution in [0.1, 0.15) is 36.5 Å². The number of carbonyl (C=O) groups excluding carboxylic acids is 2. The minimum absolute atomic E-state index is 0.0960. The van der Waals surface area contributed by atoms with Gasteiger partial charge in [0, 0.05) is 31.6 Å². The molecule has 1 N–H and O–H groups in total. The highest BCUT2D eigenvalue weighted by Gasteiger charge is 2.26. The molecule has 2 rings (SSSR count). The molecule has 0 radical (unpaired) electrons. The van der Waals surface area contributed by atoms with Crippen molar-refractivity contribution in [3.05, 3.63) is 64.2 Å². The van der Waals surface area contributed by atoms with Crippen LogP contribution >= 0.6 is 11.6 Å². The van der Waals surface area contributed by atoms with Crippen molar-refractivity contribution in [1.82, 2.24) is 10.2 Å². The minimum atomic E-state index is -3.58. The number of carbonyl (C=O) groups is 2. The average molecular weight is 494 g/mol. The van der Waals surface area contributed by atoms with Crippen molar-refractivity contribution in [2.45, 2.75) is 46.2 Å². The van der Waals surface area contributed by atoms with Crippen molar-refractivity contribution in [2.75, 3.05) is 24.2 Å². The third kappa shape index (κ3) is 7.47. The summed E-state index contributed by atoms with van der Waals surface area (Å²) in [5.74, 6) is -0.479. The average Bonchev–Trinajstić information content (AvgIpc) is 2.75. The number of hydrogen-bond donors (Lipinski definition) is 1. The molecule has 0 fully saturated rings. The lowest BCUT2D eigenvalue weighted by molar-refractivity contribution is -0.140. The number of benzene rings is 2. The second-order valence-corrected chi connectivity index (χ2v) is 10.5. The molecule has 9 heteroatoms. The number of halogens is 1. The van der Waals surface area contributed by atoms with Gasteiger partial charge in [-0.15, -0.1) is 0 Å². The van der Waals surface area contributed by atoms with Crippen LogP contribution in [0.5, 0.6) is 0 Å². The number of anilines is 1. The molecule has 0 aliphatic heterocycles. The van der Waals surface area contributed by atoms with Gasteiger partial charge in [-0.2, -0.15) is 0 Å². The summed E-state index contributed by atoms with van der Waals surface area (Å²) in [7, 11) is -2.04. The Hall–Kier alpha value is -2.58. The van der Waals surface area contributed by atoms with E-state index in [0.29, 0.717) is 17.1 Å². The van der Waals surface area contributed by atoms with Gasteiger partial charge < -0.3 is 10.2 Å². The third-order valence-electron chi connectivity index (χ3n) is 5.44. The second kappa shape index (κ2) is 11.5. The van der Waals surface area contributed by atoms with Crippen LogP contribution in [0.4, 0.5) is 5.69 Å². The zero-order chi connectivity index (χ0) is 24.8. The van der Waals surface area contributed by atoms with Crippen LogP contribution in [0.3, 0.4) is 0 Å². The van der Waals surface area contributed by atoms with E-state index in [1.807, 2.05) is 38.1 Å². The van der Waals surface area contributed by atoms with Gasteiger partial charge in [-0.25, -0.2) is 8.42 Å². The zero-order valence-electron chi connectivity index (χ0n) is 19.8. The predicted molar refractivity (Wildman–Crippen MR) is 133 cm³/mol. The fourth-order valence-electron chi connectivity index (χ4n) is 3.63. The molecule has 2 amide bonds. The highest BCUT2D eigenvalue weighted by molar-refractivity contribution is 7.92. The van der Waals surface area contributed by atoms with Crippen molar-refractivity contribution < 1.29 is 18.0 Å². The Morgan fingerprint density at radius 3 is 2.42 bits per heavy atom. The standard InChI is InChI=1S/C24H32ClN3O4S/c1-17-8-6-9-20(14-17)16-27(19(3)24(30)26-4)23(29)10-7-13-28(33(5,31)32)22-15-21(25)12-11-18(22)2/h6,8-9,11-12,14-15,19H,7,10,13,16H2,1-5H3,(H,26,30)/t19-/m1/s1. The van der Waals surface area contributed by atoms with Crippen LogP contribution in [-0.2, 0) is 26.2 Å². The number of aryl methyl sites for hydroxylation is 2. The molecule has 180 valence electrons. The molecule has 0 aliphatic rings. The Morgan fingerprint density at radius 1 is 1.12 bits per heavy atom. The van der Waals surface area contributed by atoms with E-state index < -0.39 is 16.1 Å². The molecule has 0 bridgehead atoms. The topological polar surface area (TPSA) is 86.8 Å². The van der Waals surface area contributed by atoms with E-state index in [4.69, 9.17) is 11.6 Å². The molecule has 0 aromatic heterocycles. The molecule has 2 aromatic carbocycles. The molecular weight excluding hydrogens is 462 g/mol. The van der Waals surface area contributed by atoms with Crippen LogP contribution in [-0.4, -0.2) is 51.0 Å². The summed E-state index contributed by atoms with van der Waals surface area (Å²) >= 11 is 6.08. The van der Waals surface area contributed by atoms with Gasteiger partial charge in [0.2, 0.25) is 21.8 Å². The first-order chi connectivity index (χ1) is 15.4. The van der Waals surface area contributed by atoms with Gasteiger partial charge in [-0.05, 0) is 50.5 Å². The fourth-order valence-corrected chi connectivity index (χ4v) is 4.81. The van der Waals surface area contributed by atoms with E-state index in [0.717, 1.165) is 22.9 Å². The number of nitrogens with one attached hydrogen (secondary N) is 1. The van der Waals surface area contributed by atoms with Crippen molar-refractivity contribution in [3.8, 4) is 0 Å². The first kappa shape index (κ1) is 26.7. The molecule has 2 aromatic rings. The molecular formula is C24H32ClN3O4S. The lowest BCUT2D eigenvalue weighted by atomic mass is 10.1. The quantitative estimate of drug-likeness (QED) is 0.547. The van der Waals surface area contributed by atoms with Crippen molar-refractivity contribution in [2.24, 2.45) is 0 Å². The molecule has 7 nitrogen and oxygen atoms in total. The predicted octanol–water partition coefficient (Wildman–Crippen LogP) is 3.67. The van der Waals surface area contributed by atoms with Gasteiger partial charge in [0.05, 0.1) is 11.9 Å². The normalized spacial score (nSPS) is 12.2. The summed E-state index contributed by atoms with van der Waals surface area (Å²) in [5.41, 5.74) is 3.25. The van der Waals surface area contributed by atoms with Crippen LogP contribution in [0.25, 0.3) is 0 Å². The lowest BCUT2D eigenvalue weighted by Crippen LogP contribution is -2.46. The SMILES string of the molecule is CNC(=O)[C@@H](C)N(Cc1cccc(C)c1)C(=O)CCCN(c1cc(Cl)ccc1C)S(C)(=O)=O. The summed E-state index contributed by atoms with van der Waals surface area (Å²) in [4.78, 5) is 26.9. The molecule has 0 saturated carbocycles. The first-order valence-electron chi connectivity index (χ1n) is 10.7. The van der Waals surface area contributed by atoms with Crippen molar-refractivity contribution in [1.29, 1.82) is 0 Å². The van der Waals surface area contributed by atoms with E-state index >= 15 is 0 Å². The first-order valence-corrected chi connectivity index (χ1v) is 13.0. The summed E-state index contributed by atoms with van der Waals surface area (Å²) in [6, 6.07) is 12.2. The Balaban J connectivity index is 2.18. The maximum atomic E-state index is 13.1. The summed E-state index contributed by atoms with van der Waals surface area (Å²) in [5, 5.41) is 3.03. The van der Waals surface area contributed by atoms with Gasteiger partial charge in [0.15, 0.2) is 0 Å². The van der Waals surface area contributed by atoms with Gasteiger partial charge in [-0.3, -0.25) is 13.9 Å². The van der Waals surface area contributed by atoms with Crippen LogP contribution in [0.15, 0.2) is 42.5 Å². The van der Waals surface area contributed by atoms with E-state index in [-0.39, 0.29) is 31.3 Å². The zero-order valence-corrected chi connectivity index (χ0v) is 21.3. The smallest absolute Gasteiger partial charge is 0.242 e. The molecule has 0 spiro atoms. The number of likely N-dealkylation sites (N-methyl/N-ethyl adjacent to an activating group) is 1. The maximum Gasteiger partial charge on any atom is 0.242 e. The largest absolute Gasteiger partial charge is 0.357 e. The molecule has 0 saturated heterocycles. The highest BCUT2D eigenvalue weighted by Crippen LogP contribution is 2.27. The van der Waals surface area contributed by atoms with E-state index in [1.54, 1.807) is 25.1 Å². The summed E-state index contributed by atoms with van der Waals surface area (Å²) in [6.07, 6.45) is 1.52. The fraction of sp³-hybridized carbons (Fsp3) is 0.417. The number of rotatable bonds is 10. The molecule has 33 heavy (non-hydrogen) atoms. The van der Waals surface area contributed by atoms with Crippen LogP contribution in [0.2, 0.25) is 5.02 Å². The summed E-state index contributed by atoms with van der Waals surface area (Å²) in [6.45, 7) is 5.88. The number of sulfonamides is 1. The number of nitrogens with zero attached hydrogens (tertiary/aromatic N) is 2. The Labute approximate surface area is 201 Å². The van der Waals surface area contributed by atoms with E-state index in [2.05, 4.69) is 5.32 Å². The van der Waals surface area contributed by atoms with Crippen molar-refractivity contribution in [3.63, 3.8) is 0 Å². The van der Waals surface area contributed by atoms with Gasteiger partial charge in [-0.1, -0.05) is 47.5 Å². The molecule has 0 unspecified atom stereocenters. The second-order valence-electron chi connectivity index (χ2n) is 8.17. The Morgan fingerprint density at radius 2 is 1.82 bits per heavy atom. The number of hydrogen-bond acceptors (Lipinski definition) is 4. The summed E-state index contributed by atoms with van der Waals surface area (Å²) < 4.78 is 26.2. The highest BCUT2D eigenvalue weighted by atomic mass is 35.5. The Kier molecular flexibility index (Phi) is 9.31. The number of amides is 2. The maximum absolute atomic E-state index is 13.1. The lowest BCUT2D eigenvalue weighted by Gasteiger charge is -2.29. The molecule has 0 heterocycles. The van der Waals surface area contributed by atoms with Crippen molar-refractivity contribution >= 4 is 39.1 Å². The van der Waals surface area contributed by atoms with Gasteiger partial charge in [0.1, 0.15) is 6.04 Å². The van der Waals surface area contributed by atoms with Gasteiger partial charge >= 0.3 is 0 Å². The minimum Gasteiger partial charge on any atom is -0.357 e. The van der Waals surface area contributed by atoms with Crippen LogP contribution in [0, 0.1) is 13.8 Å².